The topological polar surface area (TPSA) is 26.0 Å². The van der Waals surface area contributed by atoms with Crippen LogP contribution in [0.1, 0.15) is 74.2 Å². The highest BCUT2D eigenvalue weighted by Crippen LogP contribution is 2.25. The Kier molecular flexibility index (Phi) is 5.19. The molecule has 112 valence electrons. The molecule has 0 radical (unpaired) electrons. The van der Waals surface area contributed by atoms with Crippen molar-refractivity contribution in [3.63, 3.8) is 0 Å². The van der Waals surface area contributed by atoms with E-state index in [1.165, 1.54) is 28.7 Å². The van der Waals surface area contributed by atoms with Crippen molar-refractivity contribution in [3.8, 4) is 0 Å². The summed E-state index contributed by atoms with van der Waals surface area (Å²) >= 11 is 0. The van der Waals surface area contributed by atoms with Crippen LogP contribution in [0.25, 0.3) is 0 Å². The molecule has 0 fully saturated rings. The minimum atomic E-state index is -0.0443. The van der Waals surface area contributed by atoms with E-state index in [-0.39, 0.29) is 6.04 Å². The van der Waals surface area contributed by atoms with E-state index in [0.717, 1.165) is 0 Å². The lowest BCUT2D eigenvalue weighted by molar-refractivity contribution is 0.732. The molecular weight excluding hydrogens is 254 g/mol. The van der Waals surface area contributed by atoms with Crippen LogP contribution in [0.2, 0.25) is 0 Å². The molecule has 0 aliphatic heterocycles. The molecule has 0 bridgehead atoms. The van der Waals surface area contributed by atoms with Gasteiger partial charge in [0.05, 0.1) is 6.04 Å². The molecule has 0 heterocycles. The maximum atomic E-state index is 6.40. The molecule has 21 heavy (non-hydrogen) atoms. The Morgan fingerprint density at radius 1 is 0.714 bits per heavy atom. The first-order valence-electron chi connectivity index (χ1n) is 7.98. The first-order chi connectivity index (χ1) is 10.0. The molecule has 2 aromatic carbocycles. The fourth-order valence-corrected chi connectivity index (χ4v) is 2.55. The van der Waals surface area contributed by atoms with Crippen molar-refractivity contribution in [3.05, 3.63) is 70.8 Å². The Labute approximate surface area is 129 Å². The van der Waals surface area contributed by atoms with Crippen molar-refractivity contribution in [1.29, 1.82) is 0 Å². The van der Waals surface area contributed by atoms with Crippen LogP contribution in [0.3, 0.4) is 0 Å². The molecule has 2 N–H and O–H groups in total. The minimum absolute atomic E-state index is 0.0443. The smallest absolute Gasteiger partial charge is 0.0551 e. The molecule has 2 atom stereocenters. The van der Waals surface area contributed by atoms with Gasteiger partial charge in [0, 0.05) is 0 Å². The van der Waals surface area contributed by atoms with Gasteiger partial charge in [-0.1, -0.05) is 76.2 Å². The predicted octanol–water partition coefficient (Wildman–Crippen LogP) is 5.37. The Balaban J connectivity index is 2.17. The molecule has 0 spiro atoms. The normalized spacial score (nSPS) is 14.2. The van der Waals surface area contributed by atoms with E-state index in [0.29, 0.717) is 11.8 Å². The van der Waals surface area contributed by atoms with Crippen LogP contribution in [0.5, 0.6) is 0 Å². The van der Waals surface area contributed by atoms with Gasteiger partial charge in [0.2, 0.25) is 0 Å². The van der Waals surface area contributed by atoms with Crippen molar-refractivity contribution in [2.75, 3.05) is 0 Å². The average Bonchev–Trinajstić information content (AvgIpc) is 2.53. The summed E-state index contributed by atoms with van der Waals surface area (Å²) in [5, 5.41) is 0. The molecule has 1 nitrogen and oxygen atoms in total. The lowest BCUT2D eigenvalue weighted by Crippen LogP contribution is -2.12. The maximum absolute atomic E-state index is 6.40. The highest BCUT2D eigenvalue weighted by molar-refractivity contribution is 5.35. The number of hydrogen-bond donors (Lipinski definition) is 1. The van der Waals surface area contributed by atoms with E-state index >= 15 is 0 Å². The van der Waals surface area contributed by atoms with Crippen LogP contribution in [0.4, 0.5) is 0 Å². The number of hydrogen-bond acceptors (Lipinski definition) is 1. The Morgan fingerprint density at radius 3 is 1.48 bits per heavy atom. The predicted molar refractivity (Wildman–Crippen MR) is 91.7 cm³/mol. The van der Waals surface area contributed by atoms with Gasteiger partial charge in [0.15, 0.2) is 0 Å². The molecule has 0 aliphatic carbocycles. The van der Waals surface area contributed by atoms with Gasteiger partial charge >= 0.3 is 0 Å². The van der Waals surface area contributed by atoms with E-state index in [1.54, 1.807) is 0 Å². The third-order valence-corrected chi connectivity index (χ3v) is 4.44. The molecule has 2 aromatic rings. The molecule has 0 aliphatic rings. The van der Waals surface area contributed by atoms with Crippen molar-refractivity contribution in [2.45, 2.75) is 52.0 Å². The minimum Gasteiger partial charge on any atom is -0.320 e. The van der Waals surface area contributed by atoms with Crippen molar-refractivity contribution < 1.29 is 0 Å². The zero-order valence-electron chi connectivity index (χ0n) is 13.6. The van der Waals surface area contributed by atoms with Gasteiger partial charge in [0.1, 0.15) is 0 Å². The quantitative estimate of drug-likeness (QED) is 0.783. The SMILES string of the molecule is CCC(C)c1ccc(C(N)c2ccc(C(C)C)cc2)cc1. The summed E-state index contributed by atoms with van der Waals surface area (Å²) in [5.41, 5.74) is 11.5. The summed E-state index contributed by atoms with van der Waals surface area (Å²) in [6, 6.07) is 17.4. The molecule has 2 unspecified atom stereocenters. The molecule has 1 heteroatoms. The van der Waals surface area contributed by atoms with E-state index in [9.17, 15) is 0 Å². The lowest BCUT2D eigenvalue weighted by atomic mass is 9.93. The van der Waals surface area contributed by atoms with Crippen LogP contribution >= 0.6 is 0 Å². The summed E-state index contributed by atoms with van der Waals surface area (Å²) in [5.74, 6) is 1.17. The lowest BCUT2D eigenvalue weighted by Gasteiger charge is -2.16. The van der Waals surface area contributed by atoms with Crippen molar-refractivity contribution in [2.24, 2.45) is 5.73 Å². The van der Waals surface area contributed by atoms with Gasteiger partial charge in [0.25, 0.3) is 0 Å². The second-order valence-corrected chi connectivity index (χ2v) is 6.28. The average molecular weight is 281 g/mol. The molecular formula is C20H27N. The zero-order valence-corrected chi connectivity index (χ0v) is 13.6. The summed E-state index contributed by atoms with van der Waals surface area (Å²) < 4.78 is 0. The number of rotatable bonds is 5. The summed E-state index contributed by atoms with van der Waals surface area (Å²) in [6.45, 7) is 8.91. The van der Waals surface area contributed by atoms with E-state index in [2.05, 4.69) is 76.2 Å². The van der Waals surface area contributed by atoms with E-state index in [1.807, 2.05) is 0 Å². The first-order valence-corrected chi connectivity index (χ1v) is 7.98. The third kappa shape index (κ3) is 3.74. The Bertz CT molecular complexity index is 551. The second kappa shape index (κ2) is 6.91. The summed E-state index contributed by atoms with van der Waals surface area (Å²) in [7, 11) is 0. The highest BCUT2D eigenvalue weighted by atomic mass is 14.6. The molecule has 0 saturated carbocycles. The zero-order chi connectivity index (χ0) is 15.4. The number of nitrogens with two attached hydrogens (primary N) is 1. The molecule has 0 aromatic heterocycles. The van der Waals surface area contributed by atoms with Crippen LogP contribution in [0, 0.1) is 0 Å². The van der Waals surface area contributed by atoms with Crippen molar-refractivity contribution in [1.82, 2.24) is 0 Å². The monoisotopic (exact) mass is 281 g/mol. The fraction of sp³-hybridized carbons (Fsp3) is 0.400. The Morgan fingerprint density at radius 2 is 1.10 bits per heavy atom. The van der Waals surface area contributed by atoms with Gasteiger partial charge in [-0.3, -0.25) is 0 Å². The summed E-state index contributed by atoms with van der Waals surface area (Å²) in [6.07, 6.45) is 1.17. The van der Waals surface area contributed by atoms with Gasteiger partial charge < -0.3 is 5.73 Å². The van der Waals surface area contributed by atoms with Crippen LogP contribution < -0.4 is 5.73 Å². The maximum Gasteiger partial charge on any atom is 0.0551 e. The Hall–Kier alpha value is -1.60. The van der Waals surface area contributed by atoms with Crippen LogP contribution in [-0.2, 0) is 0 Å². The largest absolute Gasteiger partial charge is 0.320 e. The molecule has 2 rings (SSSR count). The third-order valence-electron chi connectivity index (χ3n) is 4.44. The molecule has 0 amide bonds. The standard InChI is InChI=1S/C20H27N/c1-5-15(4)17-8-12-19(13-9-17)20(21)18-10-6-16(7-11-18)14(2)3/h6-15,20H,5,21H2,1-4H3. The van der Waals surface area contributed by atoms with Crippen LogP contribution in [-0.4, -0.2) is 0 Å². The number of benzene rings is 2. The van der Waals surface area contributed by atoms with Gasteiger partial charge in [-0.25, -0.2) is 0 Å². The fourth-order valence-electron chi connectivity index (χ4n) is 2.55. The van der Waals surface area contributed by atoms with Gasteiger partial charge in [-0.2, -0.15) is 0 Å². The van der Waals surface area contributed by atoms with Gasteiger partial charge in [-0.15, -0.1) is 0 Å². The second-order valence-electron chi connectivity index (χ2n) is 6.28. The highest BCUT2D eigenvalue weighted by Gasteiger charge is 2.10. The van der Waals surface area contributed by atoms with E-state index in [4.69, 9.17) is 5.73 Å². The van der Waals surface area contributed by atoms with Gasteiger partial charge in [-0.05, 0) is 40.5 Å². The first kappa shape index (κ1) is 15.8. The van der Waals surface area contributed by atoms with E-state index < -0.39 is 0 Å². The van der Waals surface area contributed by atoms with Crippen molar-refractivity contribution >= 4 is 0 Å². The molecule has 0 saturated heterocycles. The van der Waals surface area contributed by atoms with Crippen LogP contribution in [0.15, 0.2) is 48.5 Å². The summed E-state index contributed by atoms with van der Waals surface area (Å²) in [4.78, 5) is 0.